The average Bonchev–Trinajstić information content (AvgIpc) is 2.18. The van der Waals surface area contributed by atoms with Gasteiger partial charge in [-0.2, -0.15) is 0 Å². The molecule has 0 spiro atoms. The SMILES string of the molecule is CCC(Br)(Br)C(=O)c1ccc(F)cc1. The lowest BCUT2D eigenvalue weighted by atomic mass is 10.1. The molecule has 0 aliphatic rings. The fourth-order valence-corrected chi connectivity index (χ4v) is 1.43. The van der Waals surface area contributed by atoms with E-state index in [0.29, 0.717) is 12.0 Å². The number of alkyl halides is 2. The van der Waals surface area contributed by atoms with Gasteiger partial charge in [0.2, 0.25) is 0 Å². The van der Waals surface area contributed by atoms with Crippen LogP contribution in [0.2, 0.25) is 0 Å². The van der Waals surface area contributed by atoms with E-state index in [1.807, 2.05) is 6.92 Å². The number of rotatable bonds is 3. The summed E-state index contributed by atoms with van der Waals surface area (Å²) in [5, 5.41) is 0. The van der Waals surface area contributed by atoms with Crippen molar-refractivity contribution >= 4 is 37.6 Å². The van der Waals surface area contributed by atoms with Crippen LogP contribution in [-0.4, -0.2) is 9.02 Å². The Morgan fingerprint density at radius 1 is 1.36 bits per heavy atom. The minimum absolute atomic E-state index is 0.0972. The van der Waals surface area contributed by atoms with Crippen molar-refractivity contribution in [2.75, 3.05) is 0 Å². The Hall–Kier alpha value is -0.220. The first-order chi connectivity index (χ1) is 6.47. The number of halogens is 3. The maximum atomic E-state index is 12.6. The molecule has 1 rings (SSSR count). The van der Waals surface area contributed by atoms with Crippen LogP contribution in [0.25, 0.3) is 0 Å². The smallest absolute Gasteiger partial charge is 0.190 e. The third-order valence-corrected chi connectivity index (χ3v) is 3.72. The number of benzene rings is 1. The number of hydrogen-bond donors (Lipinski definition) is 0. The fourth-order valence-electron chi connectivity index (χ4n) is 0.973. The normalized spacial score (nSPS) is 11.4. The summed E-state index contributed by atoms with van der Waals surface area (Å²) in [5.41, 5.74) is 0.488. The summed E-state index contributed by atoms with van der Waals surface area (Å²) in [5.74, 6) is -0.437. The highest BCUT2D eigenvalue weighted by Gasteiger charge is 2.30. The van der Waals surface area contributed by atoms with Crippen molar-refractivity contribution in [1.29, 1.82) is 0 Å². The minimum Gasteiger partial charge on any atom is -0.292 e. The minimum atomic E-state index is -0.738. The average molecular weight is 324 g/mol. The van der Waals surface area contributed by atoms with Crippen molar-refractivity contribution in [2.24, 2.45) is 0 Å². The highest BCUT2D eigenvalue weighted by atomic mass is 79.9. The molecular formula is C10H9Br2FO. The van der Waals surface area contributed by atoms with Gasteiger partial charge in [-0.05, 0) is 30.7 Å². The van der Waals surface area contributed by atoms with Gasteiger partial charge in [0, 0.05) is 5.56 Å². The van der Waals surface area contributed by atoms with Crippen LogP contribution >= 0.6 is 31.9 Å². The molecule has 1 aromatic rings. The molecule has 0 heterocycles. The second-order valence-electron chi connectivity index (χ2n) is 2.89. The largest absolute Gasteiger partial charge is 0.292 e. The zero-order valence-electron chi connectivity index (χ0n) is 7.56. The van der Waals surface area contributed by atoms with Crippen LogP contribution in [0.5, 0.6) is 0 Å². The number of carbonyl (C=O) groups excluding carboxylic acids is 1. The van der Waals surface area contributed by atoms with Crippen molar-refractivity contribution in [2.45, 2.75) is 16.6 Å². The monoisotopic (exact) mass is 322 g/mol. The number of ketones is 1. The van der Waals surface area contributed by atoms with E-state index in [4.69, 9.17) is 0 Å². The van der Waals surface area contributed by atoms with Gasteiger partial charge in [-0.3, -0.25) is 4.79 Å². The Kier molecular flexibility index (Phi) is 3.84. The van der Waals surface area contributed by atoms with Crippen LogP contribution in [0.3, 0.4) is 0 Å². The number of Topliss-reactive ketones (excluding diaryl/α,β-unsaturated/α-hetero) is 1. The van der Waals surface area contributed by atoms with E-state index in [0.717, 1.165) is 0 Å². The molecule has 1 nitrogen and oxygen atoms in total. The molecule has 0 aromatic heterocycles. The zero-order chi connectivity index (χ0) is 10.8. The van der Waals surface area contributed by atoms with Gasteiger partial charge in [-0.15, -0.1) is 0 Å². The molecule has 14 heavy (non-hydrogen) atoms. The predicted molar refractivity (Wildman–Crippen MR) is 61.6 cm³/mol. The maximum Gasteiger partial charge on any atom is 0.190 e. The van der Waals surface area contributed by atoms with Crippen molar-refractivity contribution in [3.63, 3.8) is 0 Å². The van der Waals surface area contributed by atoms with Gasteiger partial charge in [0.05, 0.1) is 0 Å². The van der Waals surface area contributed by atoms with Crippen molar-refractivity contribution in [3.8, 4) is 0 Å². The summed E-state index contributed by atoms with van der Waals surface area (Å²) in [6.07, 6.45) is 0.614. The Morgan fingerprint density at radius 3 is 2.29 bits per heavy atom. The molecule has 0 aliphatic heterocycles. The van der Waals surface area contributed by atoms with E-state index in [-0.39, 0.29) is 11.6 Å². The summed E-state index contributed by atoms with van der Waals surface area (Å²) >= 11 is 6.55. The topological polar surface area (TPSA) is 17.1 Å². The van der Waals surface area contributed by atoms with Gasteiger partial charge in [0.1, 0.15) is 9.05 Å². The van der Waals surface area contributed by atoms with Crippen LogP contribution in [-0.2, 0) is 0 Å². The number of carbonyl (C=O) groups is 1. The van der Waals surface area contributed by atoms with Crippen LogP contribution in [0.4, 0.5) is 4.39 Å². The number of hydrogen-bond acceptors (Lipinski definition) is 1. The molecule has 0 bridgehead atoms. The summed E-state index contributed by atoms with van der Waals surface area (Å²) in [4.78, 5) is 11.8. The Bertz CT molecular complexity index is 332. The molecule has 76 valence electrons. The highest BCUT2D eigenvalue weighted by Crippen LogP contribution is 2.33. The van der Waals surface area contributed by atoms with Gasteiger partial charge in [0.25, 0.3) is 0 Å². The van der Waals surface area contributed by atoms with Crippen LogP contribution in [0.1, 0.15) is 23.7 Å². The van der Waals surface area contributed by atoms with Gasteiger partial charge in [0.15, 0.2) is 5.78 Å². The summed E-state index contributed by atoms with van der Waals surface area (Å²) < 4.78 is 11.9. The first-order valence-electron chi connectivity index (χ1n) is 4.15. The Labute approximate surface area is 99.0 Å². The molecule has 0 saturated carbocycles. The van der Waals surface area contributed by atoms with Gasteiger partial charge >= 0.3 is 0 Å². The lowest BCUT2D eigenvalue weighted by Crippen LogP contribution is -2.23. The second kappa shape index (κ2) is 4.53. The van der Waals surface area contributed by atoms with E-state index in [1.54, 1.807) is 0 Å². The third kappa shape index (κ3) is 2.64. The Balaban J connectivity index is 2.96. The van der Waals surface area contributed by atoms with Crippen LogP contribution in [0, 0.1) is 5.82 Å². The molecule has 0 N–H and O–H groups in total. The van der Waals surface area contributed by atoms with E-state index in [9.17, 15) is 9.18 Å². The van der Waals surface area contributed by atoms with Gasteiger partial charge < -0.3 is 0 Å². The zero-order valence-corrected chi connectivity index (χ0v) is 10.7. The van der Waals surface area contributed by atoms with Crippen molar-refractivity contribution in [3.05, 3.63) is 35.6 Å². The molecule has 0 fully saturated rings. The molecule has 0 unspecified atom stereocenters. The maximum absolute atomic E-state index is 12.6. The molecule has 1 aromatic carbocycles. The summed E-state index contributed by atoms with van der Waals surface area (Å²) in [7, 11) is 0. The van der Waals surface area contributed by atoms with E-state index >= 15 is 0 Å². The lowest BCUT2D eigenvalue weighted by Gasteiger charge is -2.16. The molecule has 0 atom stereocenters. The molecule has 0 saturated heterocycles. The quantitative estimate of drug-likeness (QED) is 0.609. The van der Waals surface area contributed by atoms with E-state index in [2.05, 4.69) is 31.9 Å². The Morgan fingerprint density at radius 2 is 1.86 bits per heavy atom. The summed E-state index contributed by atoms with van der Waals surface area (Å²) in [6, 6.07) is 5.51. The van der Waals surface area contributed by atoms with Crippen molar-refractivity contribution < 1.29 is 9.18 Å². The van der Waals surface area contributed by atoms with E-state index < -0.39 is 3.23 Å². The molecule has 0 aliphatic carbocycles. The first kappa shape index (κ1) is 11.9. The second-order valence-corrected chi connectivity index (χ2v) is 6.67. The van der Waals surface area contributed by atoms with Crippen molar-refractivity contribution in [1.82, 2.24) is 0 Å². The fraction of sp³-hybridized carbons (Fsp3) is 0.300. The molecule has 0 amide bonds. The first-order valence-corrected chi connectivity index (χ1v) is 5.74. The molecular weight excluding hydrogens is 315 g/mol. The van der Waals surface area contributed by atoms with E-state index in [1.165, 1.54) is 24.3 Å². The predicted octanol–water partition coefficient (Wildman–Crippen LogP) is 3.90. The van der Waals surface area contributed by atoms with Gasteiger partial charge in [-0.25, -0.2) is 4.39 Å². The molecule has 0 radical (unpaired) electrons. The standard InChI is InChI=1S/C10H9Br2FO/c1-2-10(11,12)9(14)7-3-5-8(13)6-4-7/h3-6H,2H2,1H3. The van der Waals surface area contributed by atoms with Crippen LogP contribution < -0.4 is 0 Å². The summed E-state index contributed by atoms with van der Waals surface area (Å²) in [6.45, 7) is 1.88. The lowest BCUT2D eigenvalue weighted by molar-refractivity contribution is 0.0981. The van der Waals surface area contributed by atoms with Crippen LogP contribution in [0.15, 0.2) is 24.3 Å². The highest BCUT2D eigenvalue weighted by molar-refractivity contribution is 9.25. The van der Waals surface area contributed by atoms with Gasteiger partial charge in [-0.1, -0.05) is 38.8 Å². The third-order valence-electron chi connectivity index (χ3n) is 1.88. The molecule has 4 heteroatoms.